The first kappa shape index (κ1) is 22.2. The molecule has 3 N–H and O–H groups in total. The molecule has 2 rings (SSSR count). The zero-order valence-corrected chi connectivity index (χ0v) is 16.4. The number of carbonyl (C=O) groups is 1. The van der Waals surface area contributed by atoms with Gasteiger partial charge in [-0.1, -0.05) is 18.2 Å². The van der Waals surface area contributed by atoms with E-state index in [4.69, 9.17) is 10.1 Å². The Labute approximate surface area is 167 Å². The highest BCUT2D eigenvalue weighted by atomic mass is 19.3. The fourth-order valence-corrected chi connectivity index (χ4v) is 2.45. The van der Waals surface area contributed by atoms with Crippen molar-refractivity contribution in [3.8, 4) is 5.75 Å². The summed E-state index contributed by atoms with van der Waals surface area (Å²) in [5.74, 6) is -0.440. The predicted molar refractivity (Wildman–Crippen MR) is 107 cm³/mol. The maximum Gasteiger partial charge on any atom is 0.272 e. The number of amides is 1. The molecule has 2 aromatic rings. The number of para-hydroxylation sites is 2. The number of allylic oxidation sites excluding steroid dienone is 1. The molecule has 0 aliphatic heterocycles. The number of alkyl halides is 2. The summed E-state index contributed by atoms with van der Waals surface area (Å²) < 4.78 is 30.0. The van der Waals surface area contributed by atoms with Gasteiger partial charge in [-0.25, -0.2) is 8.78 Å². The fraction of sp³-hybridized carbons (Fsp3) is 0.286. The number of pyridine rings is 1. The van der Waals surface area contributed by atoms with Gasteiger partial charge >= 0.3 is 0 Å². The monoisotopic (exact) mass is 403 g/mol. The summed E-state index contributed by atoms with van der Waals surface area (Å²) in [6.45, 7) is 3.91. The lowest BCUT2D eigenvalue weighted by molar-refractivity contribution is -0.111. The van der Waals surface area contributed by atoms with Crippen LogP contribution in [0.2, 0.25) is 0 Å². The SMILES string of the molecule is CC(=N)/C=C(\C(=O)Nc1ccccc1OCC(F)F)c1ccc(C(C)(C)O)nc1. The zero-order chi connectivity index (χ0) is 21.6. The predicted octanol–water partition coefficient (Wildman–Crippen LogP) is 4.01. The van der Waals surface area contributed by atoms with Crippen LogP contribution in [0.5, 0.6) is 5.75 Å². The third-order valence-electron chi connectivity index (χ3n) is 3.81. The van der Waals surface area contributed by atoms with Crippen molar-refractivity contribution >= 4 is 22.9 Å². The first-order chi connectivity index (χ1) is 13.6. The standard InChI is InChI=1S/C21H23F2N3O3/c1-13(24)10-15(14-8-9-18(25-11-14)21(2,3)28)20(27)26-16-6-4-5-7-17(16)29-12-19(22)23/h4-11,19,24,28H,12H2,1-3H3,(H,26,27)/b15-10-,24-13?. The largest absolute Gasteiger partial charge is 0.485 e. The Kier molecular flexibility index (Phi) is 7.17. The van der Waals surface area contributed by atoms with Crippen LogP contribution in [0.25, 0.3) is 5.57 Å². The molecule has 0 fully saturated rings. The van der Waals surface area contributed by atoms with Crippen LogP contribution in [0, 0.1) is 5.41 Å². The number of aliphatic hydroxyl groups is 1. The lowest BCUT2D eigenvalue weighted by Crippen LogP contribution is -2.19. The van der Waals surface area contributed by atoms with E-state index in [0.29, 0.717) is 11.3 Å². The van der Waals surface area contributed by atoms with Gasteiger partial charge in [0.05, 0.1) is 17.0 Å². The van der Waals surface area contributed by atoms with E-state index in [1.807, 2.05) is 0 Å². The number of nitrogens with zero attached hydrogens (tertiary/aromatic N) is 1. The second kappa shape index (κ2) is 9.38. The van der Waals surface area contributed by atoms with E-state index in [1.165, 1.54) is 31.3 Å². The van der Waals surface area contributed by atoms with Gasteiger partial charge in [-0.2, -0.15) is 0 Å². The van der Waals surface area contributed by atoms with E-state index in [0.717, 1.165) is 0 Å². The number of halogens is 2. The molecule has 6 nitrogen and oxygen atoms in total. The lowest BCUT2D eigenvalue weighted by Gasteiger charge is -2.17. The summed E-state index contributed by atoms with van der Waals surface area (Å²) in [6, 6.07) is 9.46. The molecule has 0 unspecified atom stereocenters. The number of carbonyl (C=O) groups excluding carboxylic acids is 1. The van der Waals surface area contributed by atoms with Crippen LogP contribution in [0.3, 0.4) is 0 Å². The van der Waals surface area contributed by atoms with E-state index in [-0.39, 0.29) is 22.7 Å². The Hall–Kier alpha value is -3.13. The molecule has 0 aliphatic carbocycles. The summed E-state index contributed by atoms with van der Waals surface area (Å²) in [7, 11) is 0. The van der Waals surface area contributed by atoms with Crippen molar-refractivity contribution in [2.45, 2.75) is 32.8 Å². The number of ether oxygens (including phenoxy) is 1. The van der Waals surface area contributed by atoms with Crippen LogP contribution >= 0.6 is 0 Å². The minimum Gasteiger partial charge on any atom is -0.485 e. The number of rotatable bonds is 8. The normalized spacial score (nSPS) is 12.0. The van der Waals surface area contributed by atoms with Crippen molar-refractivity contribution in [1.82, 2.24) is 4.98 Å². The Morgan fingerprint density at radius 2 is 2.00 bits per heavy atom. The molecule has 0 spiro atoms. The van der Waals surface area contributed by atoms with Crippen LogP contribution in [-0.4, -0.2) is 34.7 Å². The number of benzene rings is 1. The van der Waals surface area contributed by atoms with Crippen LogP contribution in [0.4, 0.5) is 14.5 Å². The highest BCUT2D eigenvalue weighted by molar-refractivity contribution is 6.28. The van der Waals surface area contributed by atoms with E-state index in [1.54, 1.807) is 38.1 Å². The topological polar surface area (TPSA) is 95.3 Å². The van der Waals surface area contributed by atoms with Gasteiger partial charge in [0.25, 0.3) is 12.3 Å². The average Bonchev–Trinajstić information content (AvgIpc) is 2.64. The quantitative estimate of drug-likeness (QED) is 0.458. The Morgan fingerprint density at radius 3 is 2.55 bits per heavy atom. The summed E-state index contributed by atoms with van der Waals surface area (Å²) in [5.41, 5.74) is 0.266. The second-order valence-electron chi connectivity index (χ2n) is 6.88. The van der Waals surface area contributed by atoms with Crippen molar-refractivity contribution in [2.75, 3.05) is 11.9 Å². The molecule has 1 aromatic heterocycles. The van der Waals surface area contributed by atoms with Crippen molar-refractivity contribution in [3.63, 3.8) is 0 Å². The Bertz CT molecular complexity index is 904. The molecule has 29 heavy (non-hydrogen) atoms. The van der Waals surface area contributed by atoms with Crippen molar-refractivity contribution in [2.24, 2.45) is 0 Å². The molecule has 1 heterocycles. The number of nitrogens with one attached hydrogen (secondary N) is 2. The molecule has 1 aromatic carbocycles. The minimum absolute atomic E-state index is 0.113. The third-order valence-corrected chi connectivity index (χ3v) is 3.81. The van der Waals surface area contributed by atoms with Gasteiger partial charge in [0.15, 0.2) is 0 Å². The average molecular weight is 403 g/mol. The molecule has 0 atom stereocenters. The van der Waals surface area contributed by atoms with Gasteiger partial charge in [-0.05, 0) is 45.0 Å². The minimum atomic E-state index is -2.64. The Balaban J connectivity index is 2.31. The number of aromatic nitrogens is 1. The van der Waals surface area contributed by atoms with Gasteiger partial charge in [0, 0.05) is 17.5 Å². The number of hydrogen-bond donors (Lipinski definition) is 3. The van der Waals surface area contributed by atoms with Crippen LogP contribution < -0.4 is 10.1 Å². The first-order valence-electron chi connectivity index (χ1n) is 8.85. The molecular weight excluding hydrogens is 380 g/mol. The Morgan fingerprint density at radius 1 is 1.31 bits per heavy atom. The molecule has 8 heteroatoms. The lowest BCUT2D eigenvalue weighted by atomic mass is 10.0. The van der Waals surface area contributed by atoms with Gasteiger partial charge in [-0.3, -0.25) is 9.78 Å². The second-order valence-corrected chi connectivity index (χ2v) is 6.88. The maximum atomic E-state index is 12.9. The van der Waals surface area contributed by atoms with E-state index in [2.05, 4.69) is 10.3 Å². The molecular formula is C21H23F2N3O3. The molecule has 1 amide bonds. The van der Waals surface area contributed by atoms with Gasteiger partial charge in [-0.15, -0.1) is 0 Å². The van der Waals surface area contributed by atoms with Crippen LogP contribution in [-0.2, 0) is 10.4 Å². The maximum absolute atomic E-state index is 12.9. The van der Waals surface area contributed by atoms with Gasteiger partial charge in [0.1, 0.15) is 18.0 Å². The van der Waals surface area contributed by atoms with Crippen molar-refractivity contribution in [1.29, 1.82) is 5.41 Å². The molecule has 0 bridgehead atoms. The smallest absolute Gasteiger partial charge is 0.272 e. The van der Waals surface area contributed by atoms with Gasteiger partial charge in [0.2, 0.25) is 0 Å². The summed E-state index contributed by atoms with van der Waals surface area (Å²) >= 11 is 0. The van der Waals surface area contributed by atoms with E-state index < -0.39 is 24.5 Å². The summed E-state index contributed by atoms with van der Waals surface area (Å²) in [5, 5.41) is 20.4. The molecule has 0 saturated carbocycles. The summed E-state index contributed by atoms with van der Waals surface area (Å²) in [6.07, 6.45) is 0.162. The highest BCUT2D eigenvalue weighted by Crippen LogP contribution is 2.27. The van der Waals surface area contributed by atoms with Crippen molar-refractivity contribution < 1.29 is 23.4 Å². The molecule has 0 saturated heterocycles. The molecule has 154 valence electrons. The van der Waals surface area contributed by atoms with Crippen LogP contribution in [0.1, 0.15) is 32.0 Å². The van der Waals surface area contributed by atoms with Gasteiger partial charge < -0.3 is 20.6 Å². The number of hydrogen-bond acceptors (Lipinski definition) is 5. The van der Waals surface area contributed by atoms with E-state index in [9.17, 15) is 18.7 Å². The summed E-state index contributed by atoms with van der Waals surface area (Å²) in [4.78, 5) is 17.0. The fourth-order valence-electron chi connectivity index (χ4n) is 2.45. The molecule has 0 aliphatic rings. The molecule has 0 radical (unpaired) electrons. The van der Waals surface area contributed by atoms with Crippen molar-refractivity contribution in [3.05, 3.63) is 59.9 Å². The first-order valence-corrected chi connectivity index (χ1v) is 8.85. The third kappa shape index (κ3) is 6.46. The van der Waals surface area contributed by atoms with Crippen LogP contribution in [0.15, 0.2) is 48.7 Å². The highest BCUT2D eigenvalue weighted by Gasteiger charge is 2.20. The zero-order valence-electron chi connectivity index (χ0n) is 16.4. The van der Waals surface area contributed by atoms with E-state index >= 15 is 0 Å². The number of anilines is 1.